The van der Waals surface area contributed by atoms with Gasteiger partial charge in [-0.05, 0) is 19.1 Å². The molecule has 2 N–H and O–H groups in total. The van der Waals surface area contributed by atoms with Gasteiger partial charge in [0.05, 0.1) is 6.61 Å². The van der Waals surface area contributed by atoms with Gasteiger partial charge in [0.2, 0.25) is 5.95 Å². The van der Waals surface area contributed by atoms with Crippen molar-refractivity contribution in [2.75, 3.05) is 11.3 Å². The topological polar surface area (TPSA) is 97.0 Å². The Labute approximate surface area is 113 Å². The molecular weight excluding hydrogens is 294 g/mol. The number of aromatic amines is 1. The lowest BCUT2D eigenvalue weighted by Gasteiger charge is -2.06. The lowest BCUT2D eigenvalue weighted by molar-refractivity contribution is 0.314. The van der Waals surface area contributed by atoms with Gasteiger partial charge in [-0.3, -0.25) is 0 Å². The fourth-order valence-electron chi connectivity index (χ4n) is 1.40. The largest absolute Gasteiger partial charge is 0.463 e. The molecule has 2 rings (SSSR count). The normalized spacial score (nSPS) is 11.3. The van der Waals surface area contributed by atoms with Gasteiger partial charge in [0.25, 0.3) is 10.0 Å². The molecule has 20 heavy (non-hydrogen) atoms. The second-order valence-corrected chi connectivity index (χ2v) is 5.18. The van der Waals surface area contributed by atoms with Crippen LogP contribution in [-0.2, 0) is 10.0 Å². The van der Waals surface area contributed by atoms with Gasteiger partial charge in [-0.2, -0.15) is 4.98 Å². The van der Waals surface area contributed by atoms with E-state index < -0.39 is 26.6 Å². The van der Waals surface area contributed by atoms with E-state index in [4.69, 9.17) is 4.74 Å². The van der Waals surface area contributed by atoms with Gasteiger partial charge in [-0.15, -0.1) is 5.10 Å². The van der Waals surface area contributed by atoms with E-state index in [1.807, 2.05) is 4.72 Å². The molecule has 1 aromatic carbocycles. The van der Waals surface area contributed by atoms with E-state index in [1.165, 1.54) is 0 Å². The maximum absolute atomic E-state index is 13.4. The summed E-state index contributed by atoms with van der Waals surface area (Å²) in [6.07, 6.45) is 0. The summed E-state index contributed by atoms with van der Waals surface area (Å²) in [7, 11) is -4.47. The third kappa shape index (κ3) is 2.85. The number of rotatable bonds is 5. The molecule has 1 heterocycles. The van der Waals surface area contributed by atoms with Crippen molar-refractivity contribution in [3.63, 3.8) is 0 Å². The Morgan fingerprint density at radius 2 is 2.00 bits per heavy atom. The number of hydrogen-bond acceptors (Lipinski definition) is 5. The second kappa shape index (κ2) is 5.41. The first-order chi connectivity index (χ1) is 9.44. The Balaban J connectivity index is 2.31. The standard InChI is InChI=1S/C10H10F2N4O3S/c1-2-19-10-13-9(14-15-10)16-20(17,18)8-6(11)4-3-5-7(8)12/h3-5H,2H2,1H3,(H2,13,14,15,16). The summed E-state index contributed by atoms with van der Waals surface area (Å²) in [4.78, 5) is 2.56. The lowest BCUT2D eigenvalue weighted by Crippen LogP contribution is -2.17. The molecule has 0 saturated heterocycles. The van der Waals surface area contributed by atoms with Crippen molar-refractivity contribution in [3.8, 4) is 6.01 Å². The van der Waals surface area contributed by atoms with Gasteiger partial charge in [0.1, 0.15) is 11.6 Å². The predicted octanol–water partition coefficient (Wildman–Crippen LogP) is 1.28. The van der Waals surface area contributed by atoms with E-state index in [0.29, 0.717) is 0 Å². The number of benzene rings is 1. The van der Waals surface area contributed by atoms with Crippen LogP contribution in [0.5, 0.6) is 6.01 Å². The quantitative estimate of drug-likeness (QED) is 0.867. The van der Waals surface area contributed by atoms with Gasteiger partial charge in [0.15, 0.2) is 4.90 Å². The molecule has 0 amide bonds. The van der Waals surface area contributed by atoms with Crippen LogP contribution in [0.3, 0.4) is 0 Å². The van der Waals surface area contributed by atoms with Gasteiger partial charge in [-0.1, -0.05) is 6.07 Å². The van der Waals surface area contributed by atoms with E-state index >= 15 is 0 Å². The molecule has 0 fully saturated rings. The molecule has 7 nitrogen and oxygen atoms in total. The van der Waals surface area contributed by atoms with Gasteiger partial charge in [0, 0.05) is 0 Å². The fourth-order valence-corrected chi connectivity index (χ4v) is 2.50. The number of nitrogens with zero attached hydrogens (tertiary/aromatic N) is 2. The SMILES string of the molecule is CCOc1n[nH]c(NS(=O)(=O)c2c(F)cccc2F)n1. The molecule has 108 valence electrons. The highest BCUT2D eigenvalue weighted by atomic mass is 32.2. The molecule has 2 aromatic rings. The number of hydrogen-bond donors (Lipinski definition) is 2. The molecule has 0 atom stereocenters. The smallest absolute Gasteiger partial charge is 0.337 e. The van der Waals surface area contributed by atoms with Gasteiger partial charge >= 0.3 is 6.01 Å². The number of aromatic nitrogens is 3. The van der Waals surface area contributed by atoms with Crippen LogP contribution in [0.2, 0.25) is 0 Å². The first-order valence-electron chi connectivity index (χ1n) is 5.46. The predicted molar refractivity (Wildman–Crippen MR) is 64.7 cm³/mol. The first kappa shape index (κ1) is 14.2. The van der Waals surface area contributed by atoms with Crippen LogP contribution in [0.4, 0.5) is 14.7 Å². The average molecular weight is 304 g/mol. The van der Waals surface area contributed by atoms with Crippen molar-refractivity contribution < 1.29 is 21.9 Å². The fraction of sp³-hybridized carbons (Fsp3) is 0.200. The number of halogens is 2. The van der Waals surface area contributed by atoms with Crippen LogP contribution in [-0.4, -0.2) is 30.2 Å². The zero-order chi connectivity index (χ0) is 14.8. The Morgan fingerprint density at radius 3 is 2.60 bits per heavy atom. The minimum Gasteiger partial charge on any atom is -0.463 e. The van der Waals surface area contributed by atoms with Crippen molar-refractivity contribution in [1.82, 2.24) is 15.2 Å². The first-order valence-corrected chi connectivity index (χ1v) is 6.94. The highest BCUT2D eigenvalue weighted by Gasteiger charge is 2.25. The monoisotopic (exact) mass is 304 g/mol. The van der Waals surface area contributed by atoms with Crippen LogP contribution in [0.15, 0.2) is 23.1 Å². The molecule has 0 bridgehead atoms. The zero-order valence-electron chi connectivity index (χ0n) is 10.2. The van der Waals surface area contributed by atoms with Crippen molar-refractivity contribution in [3.05, 3.63) is 29.8 Å². The van der Waals surface area contributed by atoms with Crippen molar-refractivity contribution in [1.29, 1.82) is 0 Å². The summed E-state index contributed by atoms with van der Waals surface area (Å²) in [5.41, 5.74) is 0. The van der Waals surface area contributed by atoms with Crippen molar-refractivity contribution in [2.24, 2.45) is 0 Å². The summed E-state index contributed by atoms with van der Waals surface area (Å²) in [6, 6.07) is 2.65. The maximum atomic E-state index is 13.4. The van der Waals surface area contributed by atoms with E-state index in [-0.39, 0.29) is 18.6 Å². The van der Waals surface area contributed by atoms with Gasteiger partial charge < -0.3 is 4.74 Å². The molecule has 0 aliphatic rings. The number of nitrogens with one attached hydrogen (secondary N) is 2. The van der Waals surface area contributed by atoms with Crippen LogP contribution in [0.1, 0.15) is 6.92 Å². The van der Waals surface area contributed by atoms with E-state index in [9.17, 15) is 17.2 Å². The van der Waals surface area contributed by atoms with E-state index in [0.717, 1.165) is 18.2 Å². The van der Waals surface area contributed by atoms with Crippen molar-refractivity contribution in [2.45, 2.75) is 11.8 Å². The summed E-state index contributed by atoms with van der Waals surface area (Å²) in [5, 5.41) is 5.79. The lowest BCUT2D eigenvalue weighted by atomic mass is 10.3. The second-order valence-electron chi connectivity index (χ2n) is 3.56. The highest BCUT2D eigenvalue weighted by Crippen LogP contribution is 2.20. The molecule has 0 saturated carbocycles. The number of sulfonamides is 1. The Bertz CT molecular complexity index is 697. The number of ether oxygens (including phenoxy) is 1. The molecular formula is C10H10F2N4O3S. The van der Waals surface area contributed by atoms with Crippen LogP contribution < -0.4 is 9.46 Å². The van der Waals surface area contributed by atoms with Crippen LogP contribution in [0, 0.1) is 11.6 Å². The Kier molecular flexibility index (Phi) is 3.84. The van der Waals surface area contributed by atoms with Crippen molar-refractivity contribution >= 4 is 16.0 Å². The third-order valence-corrected chi connectivity index (χ3v) is 3.55. The van der Waals surface area contributed by atoms with E-state index in [1.54, 1.807) is 6.92 Å². The zero-order valence-corrected chi connectivity index (χ0v) is 11.0. The molecule has 0 aliphatic carbocycles. The number of anilines is 1. The maximum Gasteiger partial charge on any atom is 0.337 e. The Hall–Kier alpha value is -2.23. The average Bonchev–Trinajstić information content (AvgIpc) is 2.75. The van der Waals surface area contributed by atoms with Gasteiger partial charge in [-0.25, -0.2) is 27.0 Å². The number of H-pyrrole nitrogens is 1. The molecule has 10 heteroatoms. The molecule has 1 aromatic heterocycles. The third-order valence-electron chi connectivity index (χ3n) is 2.16. The summed E-state index contributed by atoms with van der Waals surface area (Å²) in [6.45, 7) is 1.97. The summed E-state index contributed by atoms with van der Waals surface area (Å²) >= 11 is 0. The Morgan fingerprint density at radius 1 is 1.35 bits per heavy atom. The highest BCUT2D eigenvalue weighted by molar-refractivity contribution is 7.92. The molecule has 0 unspecified atom stereocenters. The molecule has 0 radical (unpaired) electrons. The minimum absolute atomic E-state index is 0.0841. The minimum atomic E-state index is -4.47. The molecule has 0 spiro atoms. The van der Waals surface area contributed by atoms with Crippen LogP contribution in [0.25, 0.3) is 0 Å². The summed E-state index contributed by atoms with van der Waals surface area (Å²) in [5.74, 6) is -2.72. The van der Waals surface area contributed by atoms with E-state index in [2.05, 4.69) is 15.2 Å². The van der Waals surface area contributed by atoms with Crippen LogP contribution >= 0.6 is 0 Å². The summed E-state index contributed by atoms with van der Waals surface area (Å²) < 4.78 is 57.5. The molecule has 0 aliphatic heterocycles.